The van der Waals surface area contributed by atoms with E-state index in [9.17, 15) is 4.79 Å². The smallest absolute Gasteiger partial charge is 0.146 e. The lowest BCUT2D eigenvalue weighted by Crippen LogP contribution is -2.34. The van der Waals surface area contributed by atoms with Crippen molar-refractivity contribution in [3.8, 4) is 0 Å². The summed E-state index contributed by atoms with van der Waals surface area (Å²) in [6.45, 7) is 1.73. The van der Waals surface area contributed by atoms with E-state index in [2.05, 4.69) is 5.32 Å². The first-order valence-corrected chi connectivity index (χ1v) is 6.52. The highest BCUT2D eigenvalue weighted by Gasteiger charge is 2.49. The summed E-state index contributed by atoms with van der Waals surface area (Å²) in [5, 5.41) is 3.56. The number of ketones is 1. The average Bonchev–Trinajstić information content (AvgIpc) is 2.73. The molecule has 1 N–H and O–H groups in total. The topological polar surface area (TPSA) is 29.1 Å². The van der Waals surface area contributed by atoms with Crippen molar-refractivity contribution in [1.82, 2.24) is 5.32 Å². The maximum Gasteiger partial charge on any atom is 0.146 e. The first-order chi connectivity index (χ1) is 7.25. The number of hydrogen-bond acceptors (Lipinski definition) is 2. The maximum absolute atomic E-state index is 11.4. The molecule has 5 atom stereocenters. The van der Waals surface area contributed by atoms with Gasteiger partial charge in [-0.3, -0.25) is 4.79 Å². The van der Waals surface area contributed by atoms with Crippen molar-refractivity contribution in [3.05, 3.63) is 0 Å². The third-order valence-corrected chi connectivity index (χ3v) is 5.01. The lowest BCUT2D eigenvalue weighted by molar-refractivity contribution is -0.118. The highest BCUT2D eigenvalue weighted by atomic mass is 16.1. The van der Waals surface area contributed by atoms with E-state index in [-0.39, 0.29) is 6.04 Å². The molecule has 3 rings (SSSR count). The molecule has 0 radical (unpaired) electrons. The second-order valence-corrected chi connectivity index (χ2v) is 5.78. The molecule has 2 aliphatic carbocycles. The minimum absolute atomic E-state index is 0.183. The summed E-state index contributed by atoms with van der Waals surface area (Å²) in [4.78, 5) is 11.4. The zero-order valence-corrected chi connectivity index (χ0v) is 9.54. The van der Waals surface area contributed by atoms with E-state index in [1.165, 1.54) is 32.1 Å². The molecule has 0 spiro atoms. The molecule has 0 aromatic carbocycles. The molecule has 3 fully saturated rings. The summed E-state index contributed by atoms with van der Waals surface area (Å²) in [6, 6.07) is 0.856. The molecule has 0 aromatic rings. The van der Waals surface area contributed by atoms with Crippen molar-refractivity contribution in [2.45, 2.75) is 57.5 Å². The molecule has 0 amide bonds. The van der Waals surface area contributed by atoms with Crippen LogP contribution in [0, 0.1) is 17.8 Å². The van der Waals surface area contributed by atoms with Crippen LogP contribution >= 0.6 is 0 Å². The number of Topliss-reactive ketones (excluding diaryl/α,β-unsaturated/α-hetero) is 1. The van der Waals surface area contributed by atoms with Crippen LogP contribution in [0.15, 0.2) is 0 Å². The SMILES string of the molecule is CC(=O)C1CC2C(CC3CCCCC32)N1. The average molecular weight is 207 g/mol. The van der Waals surface area contributed by atoms with E-state index in [0.29, 0.717) is 11.8 Å². The van der Waals surface area contributed by atoms with E-state index in [1.807, 2.05) is 0 Å². The minimum atomic E-state index is 0.183. The fourth-order valence-electron chi connectivity index (χ4n) is 4.30. The van der Waals surface area contributed by atoms with Gasteiger partial charge in [0.1, 0.15) is 5.78 Å². The van der Waals surface area contributed by atoms with Crippen molar-refractivity contribution >= 4 is 5.78 Å². The summed E-state index contributed by atoms with van der Waals surface area (Å²) < 4.78 is 0. The van der Waals surface area contributed by atoms with Gasteiger partial charge in [-0.25, -0.2) is 0 Å². The van der Waals surface area contributed by atoms with Crippen LogP contribution in [-0.4, -0.2) is 17.9 Å². The maximum atomic E-state index is 11.4. The van der Waals surface area contributed by atoms with E-state index < -0.39 is 0 Å². The fraction of sp³-hybridized carbons (Fsp3) is 0.923. The van der Waals surface area contributed by atoms with E-state index in [1.54, 1.807) is 6.92 Å². The first kappa shape index (κ1) is 9.83. The number of hydrogen-bond donors (Lipinski definition) is 1. The molecule has 15 heavy (non-hydrogen) atoms. The molecule has 2 nitrogen and oxygen atoms in total. The molecular weight excluding hydrogens is 186 g/mol. The van der Waals surface area contributed by atoms with Gasteiger partial charge >= 0.3 is 0 Å². The predicted molar refractivity (Wildman–Crippen MR) is 59.6 cm³/mol. The Morgan fingerprint density at radius 2 is 1.93 bits per heavy atom. The number of nitrogens with one attached hydrogen (secondary N) is 1. The van der Waals surface area contributed by atoms with Gasteiger partial charge in [0.2, 0.25) is 0 Å². The zero-order valence-electron chi connectivity index (χ0n) is 9.54. The van der Waals surface area contributed by atoms with Gasteiger partial charge in [0.25, 0.3) is 0 Å². The molecule has 2 saturated carbocycles. The Morgan fingerprint density at radius 3 is 2.73 bits per heavy atom. The third-order valence-electron chi connectivity index (χ3n) is 5.01. The van der Waals surface area contributed by atoms with Crippen LogP contribution in [0.2, 0.25) is 0 Å². The first-order valence-electron chi connectivity index (χ1n) is 6.52. The Bertz CT molecular complexity index is 276. The highest BCUT2D eigenvalue weighted by molar-refractivity contribution is 5.81. The largest absolute Gasteiger partial charge is 0.304 e. The van der Waals surface area contributed by atoms with Crippen LogP contribution in [0.25, 0.3) is 0 Å². The van der Waals surface area contributed by atoms with E-state index >= 15 is 0 Å². The van der Waals surface area contributed by atoms with Crippen LogP contribution in [0.3, 0.4) is 0 Å². The third kappa shape index (κ3) is 1.54. The van der Waals surface area contributed by atoms with Crippen molar-refractivity contribution in [2.24, 2.45) is 17.8 Å². The van der Waals surface area contributed by atoms with Gasteiger partial charge in [-0.2, -0.15) is 0 Å². The molecule has 3 aliphatic rings. The molecule has 1 saturated heterocycles. The Labute approximate surface area is 91.8 Å². The van der Waals surface area contributed by atoms with Crippen molar-refractivity contribution in [3.63, 3.8) is 0 Å². The van der Waals surface area contributed by atoms with Gasteiger partial charge in [0, 0.05) is 6.04 Å². The Kier molecular flexibility index (Phi) is 2.35. The van der Waals surface area contributed by atoms with Crippen molar-refractivity contribution in [2.75, 3.05) is 0 Å². The molecule has 1 aliphatic heterocycles. The lowest BCUT2D eigenvalue weighted by atomic mass is 9.77. The molecule has 0 bridgehead atoms. The Balaban J connectivity index is 1.72. The lowest BCUT2D eigenvalue weighted by Gasteiger charge is -2.28. The second-order valence-electron chi connectivity index (χ2n) is 5.78. The Hall–Kier alpha value is -0.370. The van der Waals surface area contributed by atoms with Crippen LogP contribution < -0.4 is 5.32 Å². The molecule has 1 heterocycles. The van der Waals surface area contributed by atoms with Crippen molar-refractivity contribution in [1.29, 1.82) is 0 Å². The van der Waals surface area contributed by atoms with E-state index in [0.717, 1.165) is 24.2 Å². The fourth-order valence-corrected chi connectivity index (χ4v) is 4.30. The van der Waals surface area contributed by atoms with Crippen LogP contribution in [-0.2, 0) is 4.79 Å². The highest BCUT2D eigenvalue weighted by Crippen LogP contribution is 2.49. The van der Waals surface area contributed by atoms with Gasteiger partial charge in [-0.15, -0.1) is 0 Å². The molecule has 0 aromatic heterocycles. The van der Waals surface area contributed by atoms with E-state index in [4.69, 9.17) is 0 Å². The summed E-state index contributed by atoms with van der Waals surface area (Å²) >= 11 is 0. The number of rotatable bonds is 1. The van der Waals surface area contributed by atoms with Crippen LogP contribution in [0.5, 0.6) is 0 Å². The summed E-state index contributed by atoms with van der Waals surface area (Å²) in [5.41, 5.74) is 0. The minimum Gasteiger partial charge on any atom is -0.304 e. The van der Waals surface area contributed by atoms with Gasteiger partial charge in [0.15, 0.2) is 0 Å². The predicted octanol–water partition coefficient (Wildman–Crippen LogP) is 2.13. The molecule has 2 heteroatoms. The summed E-state index contributed by atoms with van der Waals surface area (Å²) in [5.74, 6) is 3.09. The Morgan fingerprint density at radius 1 is 1.13 bits per heavy atom. The number of carbonyl (C=O) groups excluding carboxylic acids is 1. The van der Waals surface area contributed by atoms with Crippen LogP contribution in [0.1, 0.15) is 45.4 Å². The van der Waals surface area contributed by atoms with Crippen molar-refractivity contribution < 1.29 is 4.79 Å². The van der Waals surface area contributed by atoms with Gasteiger partial charge in [0.05, 0.1) is 6.04 Å². The van der Waals surface area contributed by atoms with Gasteiger partial charge in [-0.1, -0.05) is 19.3 Å². The zero-order chi connectivity index (χ0) is 10.4. The molecular formula is C13H21NO. The summed E-state index contributed by atoms with van der Waals surface area (Å²) in [6.07, 6.45) is 8.22. The number of carbonyl (C=O) groups is 1. The number of fused-ring (bicyclic) bond motifs is 3. The van der Waals surface area contributed by atoms with Gasteiger partial charge < -0.3 is 5.32 Å². The monoisotopic (exact) mass is 207 g/mol. The molecule has 5 unspecified atom stereocenters. The second kappa shape index (κ2) is 3.58. The normalized spacial score (nSPS) is 48.7. The molecule has 84 valence electrons. The standard InChI is InChI=1S/C13H21NO/c1-8(15)12-7-11-10-5-3-2-4-9(10)6-13(11)14-12/h9-14H,2-7H2,1H3. The van der Waals surface area contributed by atoms with Gasteiger partial charge in [-0.05, 0) is 43.9 Å². The summed E-state index contributed by atoms with van der Waals surface area (Å²) in [7, 11) is 0. The quantitative estimate of drug-likeness (QED) is 0.713. The van der Waals surface area contributed by atoms with Crippen LogP contribution in [0.4, 0.5) is 0 Å².